The molecule has 300 valence electrons. The number of esters is 2. The quantitative estimate of drug-likeness (QED) is 0.0208. The lowest BCUT2D eigenvalue weighted by molar-refractivity contribution is -0.161. The first kappa shape index (κ1) is 48.0. The molecule has 0 radical (unpaired) electrons. The fourth-order valence-corrected chi connectivity index (χ4v) is 6.30. The zero-order valence-electron chi connectivity index (χ0n) is 32.5. The average molecular weight is 754 g/mol. The predicted octanol–water partition coefficient (Wildman–Crippen LogP) is 10.1. The lowest BCUT2D eigenvalue weighted by atomic mass is 10.0. The lowest BCUT2D eigenvalue weighted by Crippen LogP contribution is -2.29. The van der Waals surface area contributed by atoms with E-state index < -0.39 is 32.5 Å². The van der Waals surface area contributed by atoms with Gasteiger partial charge in [0, 0.05) is 19.4 Å². The molecule has 1 fully saturated rings. The molecule has 0 amide bonds. The summed E-state index contributed by atoms with van der Waals surface area (Å²) >= 11 is 0. The highest BCUT2D eigenvalue weighted by Gasteiger charge is 2.36. The Labute approximate surface area is 315 Å². The lowest BCUT2D eigenvalue weighted by Gasteiger charge is -2.19. The molecule has 1 heterocycles. The third kappa shape index (κ3) is 30.4. The maximum absolute atomic E-state index is 12.6. The summed E-state index contributed by atoms with van der Waals surface area (Å²) in [6.07, 6.45) is 38.9. The molecular formula is C41H72NO9P. The van der Waals surface area contributed by atoms with Crippen LogP contribution in [-0.4, -0.2) is 61.5 Å². The van der Waals surface area contributed by atoms with Gasteiger partial charge in [0.2, 0.25) is 0 Å². The van der Waals surface area contributed by atoms with Gasteiger partial charge in [-0.15, -0.1) is 0 Å². The molecule has 52 heavy (non-hydrogen) atoms. The molecule has 1 saturated heterocycles. The van der Waals surface area contributed by atoms with Crippen LogP contribution in [0, 0.1) is 0 Å². The first-order valence-corrected chi connectivity index (χ1v) is 21.7. The van der Waals surface area contributed by atoms with Crippen molar-refractivity contribution in [1.29, 1.82) is 0 Å². The van der Waals surface area contributed by atoms with Crippen LogP contribution in [0.15, 0.2) is 48.6 Å². The Hall–Kier alpha value is -2.07. The normalized spacial score (nSPS) is 17.8. The van der Waals surface area contributed by atoms with Crippen LogP contribution in [0.2, 0.25) is 0 Å². The van der Waals surface area contributed by atoms with E-state index in [4.69, 9.17) is 29.0 Å². The van der Waals surface area contributed by atoms with Gasteiger partial charge in [0.1, 0.15) is 6.61 Å². The van der Waals surface area contributed by atoms with Crippen molar-refractivity contribution in [2.45, 2.75) is 173 Å². The fraction of sp³-hybridized carbons (Fsp3) is 0.756. The topological polar surface area (TPSA) is 147 Å². The van der Waals surface area contributed by atoms with E-state index >= 15 is 0 Å². The van der Waals surface area contributed by atoms with E-state index in [1.54, 1.807) is 0 Å². The maximum atomic E-state index is 12.6. The van der Waals surface area contributed by atoms with E-state index in [9.17, 15) is 19.0 Å². The molecule has 0 bridgehead atoms. The number of epoxide rings is 1. The number of phosphoric ester groups is 1. The summed E-state index contributed by atoms with van der Waals surface area (Å²) in [5, 5.41) is 0. The van der Waals surface area contributed by atoms with Gasteiger partial charge >= 0.3 is 19.8 Å². The predicted molar refractivity (Wildman–Crippen MR) is 210 cm³/mol. The fourth-order valence-electron chi connectivity index (χ4n) is 5.53. The molecule has 0 aromatic rings. The van der Waals surface area contributed by atoms with Crippen molar-refractivity contribution in [1.82, 2.24) is 0 Å². The molecule has 0 aromatic carbocycles. The maximum Gasteiger partial charge on any atom is 0.472 e. The molecule has 11 heteroatoms. The van der Waals surface area contributed by atoms with Gasteiger partial charge in [-0.2, -0.15) is 0 Å². The zero-order chi connectivity index (χ0) is 38.0. The van der Waals surface area contributed by atoms with Crippen molar-refractivity contribution in [3.05, 3.63) is 48.6 Å². The number of hydrogen-bond donors (Lipinski definition) is 2. The summed E-state index contributed by atoms with van der Waals surface area (Å²) in [6.45, 7) is 3.52. The summed E-state index contributed by atoms with van der Waals surface area (Å²) in [5.74, 6) is -0.906. The Bertz CT molecular complexity index is 1060. The smallest absolute Gasteiger partial charge is 0.462 e. The Morgan fingerprint density at radius 1 is 0.692 bits per heavy atom. The highest BCUT2D eigenvalue weighted by atomic mass is 31.2. The van der Waals surface area contributed by atoms with Crippen LogP contribution >= 0.6 is 7.82 Å². The van der Waals surface area contributed by atoms with Gasteiger partial charge in [0.25, 0.3) is 0 Å². The van der Waals surface area contributed by atoms with Crippen LogP contribution in [0.4, 0.5) is 0 Å². The van der Waals surface area contributed by atoms with Crippen molar-refractivity contribution >= 4 is 19.8 Å². The number of carbonyl (C=O) groups is 2. The Morgan fingerprint density at radius 3 is 1.83 bits per heavy atom. The third-order valence-electron chi connectivity index (χ3n) is 8.63. The van der Waals surface area contributed by atoms with Gasteiger partial charge in [-0.3, -0.25) is 18.6 Å². The molecule has 4 atom stereocenters. The van der Waals surface area contributed by atoms with Crippen molar-refractivity contribution in [3.63, 3.8) is 0 Å². The standard InChI is InChI=1S/C41H72NO9P/c1-3-5-7-9-11-13-14-15-16-18-20-22-27-31-40(43)47-35-37(36-49-52(45,46)48-34-33-42)50-41(44)32-28-24-23-26-30-39-38(51-39)29-25-21-19-17-12-10-8-6-4-2/h6,8,12,17,21,23,25-26,37-39H,3-5,7,9-11,13-16,18-20,22,24,27-36,42H2,1-2H3,(H,45,46). The molecule has 1 rings (SSSR count). The Morgan fingerprint density at radius 2 is 1.23 bits per heavy atom. The molecule has 4 unspecified atom stereocenters. The van der Waals surface area contributed by atoms with Crippen LogP contribution in [-0.2, 0) is 37.4 Å². The van der Waals surface area contributed by atoms with Gasteiger partial charge in [-0.25, -0.2) is 4.57 Å². The minimum absolute atomic E-state index is 0.0407. The first-order valence-electron chi connectivity index (χ1n) is 20.2. The monoisotopic (exact) mass is 753 g/mol. The molecule has 1 aliphatic heterocycles. The molecule has 1 aliphatic rings. The molecule has 0 saturated carbocycles. The molecular weight excluding hydrogens is 681 g/mol. The van der Waals surface area contributed by atoms with Crippen LogP contribution in [0.1, 0.15) is 155 Å². The summed E-state index contributed by atoms with van der Waals surface area (Å²) in [7, 11) is -4.39. The largest absolute Gasteiger partial charge is 0.472 e. The Kier molecular flexibility index (Phi) is 30.9. The third-order valence-corrected chi connectivity index (χ3v) is 9.62. The van der Waals surface area contributed by atoms with E-state index in [2.05, 4.69) is 56.4 Å². The van der Waals surface area contributed by atoms with E-state index in [1.807, 2.05) is 6.08 Å². The number of rotatable bonds is 36. The van der Waals surface area contributed by atoms with E-state index in [-0.39, 0.29) is 44.8 Å². The van der Waals surface area contributed by atoms with Crippen molar-refractivity contribution in [2.75, 3.05) is 26.4 Å². The highest BCUT2D eigenvalue weighted by molar-refractivity contribution is 7.47. The summed E-state index contributed by atoms with van der Waals surface area (Å²) < 4.78 is 38.4. The number of carbonyl (C=O) groups excluding carboxylic acids is 2. The number of hydrogen-bond acceptors (Lipinski definition) is 9. The molecule has 3 N–H and O–H groups in total. The number of unbranched alkanes of at least 4 members (excludes halogenated alkanes) is 13. The minimum atomic E-state index is -4.39. The van der Waals surface area contributed by atoms with Crippen molar-refractivity contribution < 1.29 is 42.3 Å². The average Bonchev–Trinajstić information content (AvgIpc) is 3.89. The number of ether oxygens (including phenoxy) is 3. The second kappa shape index (κ2) is 33.5. The second-order valence-electron chi connectivity index (χ2n) is 13.5. The van der Waals surface area contributed by atoms with Gasteiger partial charge in [-0.1, -0.05) is 140 Å². The van der Waals surface area contributed by atoms with Crippen LogP contribution in [0.5, 0.6) is 0 Å². The van der Waals surface area contributed by atoms with Crippen LogP contribution in [0.3, 0.4) is 0 Å². The van der Waals surface area contributed by atoms with Gasteiger partial charge < -0.3 is 24.8 Å². The second-order valence-corrected chi connectivity index (χ2v) is 15.0. The molecule has 10 nitrogen and oxygen atoms in total. The number of allylic oxidation sites excluding steroid dienone is 6. The highest BCUT2D eigenvalue weighted by Crippen LogP contribution is 2.43. The molecule has 0 aliphatic carbocycles. The van der Waals surface area contributed by atoms with Gasteiger partial charge in [0.15, 0.2) is 6.10 Å². The minimum Gasteiger partial charge on any atom is -0.462 e. The van der Waals surface area contributed by atoms with Crippen molar-refractivity contribution in [3.8, 4) is 0 Å². The van der Waals surface area contributed by atoms with E-state index in [0.29, 0.717) is 12.8 Å². The SMILES string of the molecule is CCC=CCC=CCC=CCC1OC1CC=CCCCC(=O)OC(COC(=O)CCCCCCCCCCCCCCC)COP(=O)(O)OCCN. The summed E-state index contributed by atoms with van der Waals surface area (Å²) in [6, 6.07) is 0. The molecule has 0 aromatic heterocycles. The van der Waals surface area contributed by atoms with Gasteiger partial charge in [-0.05, 0) is 51.4 Å². The van der Waals surface area contributed by atoms with Gasteiger partial charge in [0.05, 0.1) is 25.4 Å². The van der Waals surface area contributed by atoms with E-state index in [1.165, 1.54) is 64.2 Å². The summed E-state index contributed by atoms with van der Waals surface area (Å²) in [4.78, 5) is 34.8. The number of nitrogens with two attached hydrogens (primary N) is 1. The van der Waals surface area contributed by atoms with Crippen LogP contribution in [0.25, 0.3) is 0 Å². The Balaban J connectivity index is 2.26. The summed E-state index contributed by atoms with van der Waals surface area (Å²) in [5.41, 5.74) is 5.34. The van der Waals surface area contributed by atoms with E-state index in [0.717, 1.165) is 51.4 Å². The number of phosphoric acid groups is 1. The molecule has 0 spiro atoms. The van der Waals surface area contributed by atoms with Crippen molar-refractivity contribution in [2.24, 2.45) is 5.73 Å². The zero-order valence-corrected chi connectivity index (χ0v) is 33.4. The first-order chi connectivity index (χ1) is 25.3. The van der Waals surface area contributed by atoms with Crippen LogP contribution < -0.4 is 5.73 Å².